The molecule has 7 nitrogen and oxygen atoms in total. The molecule has 0 aliphatic rings. The van der Waals surface area contributed by atoms with Crippen LogP contribution < -0.4 is 0 Å². The maximum Gasteiger partial charge on any atom is 0.341 e. The molecule has 0 amide bonds. The molecule has 3 aromatic rings. The number of benzene rings is 2. The summed E-state index contributed by atoms with van der Waals surface area (Å²) in [5.41, 5.74) is 0.885. The van der Waals surface area contributed by atoms with Gasteiger partial charge in [0.15, 0.2) is 0 Å². The lowest BCUT2D eigenvalue weighted by molar-refractivity contribution is 0.0453. The Morgan fingerprint density at radius 2 is 1.97 bits per heavy atom. The Balaban J connectivity index is 1.91. The van der Waals surface area contributed by atoms with Crippen molar-refractivity contribution in [1.82, 2.24) is 13.9 Å². The number of carbonyl (C=O) groups is 1. The van der Waals surface area contributed by atoms with Gasteiger partial charge in [-0.25, -0.2) is 26.9 Å². The third kappa shape index (κ3) is 4.12. The van der Waals surface area contributed by atoms with Crippen molar-refractivity contribution in [2.75, 3.05) is 14.1 Å². The van der Waals surface area contributed by atoms with Crippen LogP contribution in [0.15, 0.2) is 41.3 Å². The van der Waals surface area contributed by atoms with Crippen molar-refractivity contribution in [3.63, 3.8) is 0 Å². The van der Waals surface area contributed by atoms with Crippen molar-refractivity contribution in [2.45, 2.75) is 25.0 Å². The largest absolute Gasteiger partial charge is 0.454 e. The highest BCUT2D eigenvalue weighted by Gasteiger charge is 2.20. The van der Waals surface area contributed by atoms with Gasteiger partial charge in [-0.2, -0.15) is 0 Å². The highest BCUT2D eigenvalue weighted by atomic mass is 35.5. The van der Waals surface area contributed by atoms with Crippen molar-refractivity contribution in [1.29, 1.82) is 0 Å². The molecular formula is C19H19ClFN3O4S. The Bertz CT molecular complexity index is 1190. The SMILES string of the molecule is CCn1c(COC(=O)c2cc(Cl)ccc2F)nc2cc(S(=O)(=O)N(C)C)ccc21. The van der Waals surface area contributed by atoms with Crippen LogP contribution in [0.4, 0.5) is 4.39 Å². The number of esters is 1. The van der Waals surface area contributed by atoms with Gasteiger partial charge < -0.3 is 9.30 Å². The first kappa shape index (κ1) is 21.2. The molecule has 0 aliphatic carbocycles. The molecule has 0 saturated carbocycles. The number of nitrogens with zero attached hydrogens (tertiary/aromatic N) is 3. The Morgan fingerprint density at radius 3 is 2.62 bits per heavy atom. The van der Waals surface area contributed by atoms with Crippen molar-refractivity contribution in [3.8, 4) is 0 Å². The number of sulfonamides is 1. The fourth-order valence-corrected chi connectivity index (χ4v) is 3.95. The summed E-state index contributed by atoms with van der Waals surface area (Å²) in [4.78, 5) is 16.7. The van der Waals surface area contributed by atoms with Crippen LogP contribution in [0.2, 0.25) is 5.02 Å². The molecule has 154 valence electrons. The zero-order valence-corrected chi connectivity index (χ0v) is 17.6. The molecule has 0 radical (unpaired) electrons. The monoisotopic (exact) mass is 439 g/mol. The van der Waals surface area contributed by atoms with Crippen molar-refractivity contribution in [2.24, 2.45) is 0 Å². The lowest BCUT2D eigenvalue weighted by atomic mass is 10.2. The summed E-state index contributed by atoms with van der Waals surface area (Å²) in [6.45, 7) is 2.20. The Morgan fingerprint density at radius 1 is 1.24 bits per heavy atom. The Hall–Kier alpha value is -2.49. The topological polar surface area (TPSA) is 81.5 Å². The minimum Gasteiger partial charge on any atom is -0.454 e. The maximum atomic E-state index is 13.8. The highest BCUT2D eigenvalue weighted by molar-refractivity contribution is 7.89. The molecule has 0 aliphatic heterocycles. The fourth-order valence-electron chi connectivity index (χ4n) is 2.86. The zero-order valence-electron chi connectivity index (χ0n) is 16.0. The second kappa shape index (κ2) is 8.10. The number of rotatable bonds is 6. The van der Waals surface area contributed by atoms with Gasteiger partial charge in [0.1, 0.15) is 18.2 Å². The smallest absolute Gasteiger partial charge is 0.341 e. The van der Waals surface area contributed by atoms with Crippen molar-refractivity contribution >= 4 is 38.6 Å². The molecule has 0 fully saturated rings. The van der Waals surface area contributed by atoms with Gasteiger partial charge in [-0.1, -0.05) is 11.6 Å². The van der Waals surface area contributed by atoms with E-state index < -0.39 is 21.8 Å². The summed E-state index contributed by atoms with van der Waals surface area (Å²) in [5, 5.41) is 0.216. The van der Waals surface area contributed by atoms with E-state index in [1.807, 2.05) is 6.92 Å². The van der Waals surface area contributed by atoms with E-state index >= 15 is 0 Å². The quantitative estimate of drug-likeness (QED) is 0.549. The Kier molecular flexibility index (Phi) is 5.92. The molecule has 1 heterocycles. The highest BCUT2D eigenvalue weighted by Crippen LogP contribution is 2.23. The van der Waals surface area contributed by atoms with Gasteiger partial charge in [-0.05, 0) is 43.3 Å². The maximum absolute atomic E-state index is 13.8. The van der Waals surface area contributed by atoms with Crippen LogP contribution in [-0.4, -0.2) is 42.3 Å². The van der Waals surface area contributed by atoms with E-state index in [2.05, 4.69) is 4.98 Å². The summed E-state index contributed by atoms with van der Waals surface area (Å²) >= 11 is 5.81. The van der Waals surface area contributed by atoms with E-state index in [4.69, 9.17) is 16.3 Å². The van der Waals surface area contributed by atoms with Gasteiger partial charge in [0.05, 0.1) is 21.5 Å². The molecule has 0 spiro atoms. The molecule has 0 bridgehead atoms. The summed E-state index contributed by atoms with van der Waals surface area (Å²) in [6, 6.07) is 8.25. The van der Waals surface area contributed by atoms with E-state index in [1.54, 1.807) is 10.6 Å². The van der Waals surface area contributed by atoms with E-state index in [9.17, 15) is 17.6 Å². The molecule has 3 rings (SSSR count). The summed E-state index contributed by atoms with van der Waals surface area (Å²) in [6.07, 6.45) is 0. The zero-order chi connectivity index (χ0) is 21.3. The molecule has 1 aromatic heterocycles. The van der Waals surface area contributed by atoms with Crippen LogP contribution in [0, 0.1) is 5.82 Å². The number of imidazole rings is 1. The number of fused-ring (bicyclic) bond motifs is 1. The van der Waals surface area contributed by atoms with Gasteiger partial charge in [0.2, 0.25) is 10.0 Å². The van der Waals surface area contributed by atoms with Crippen LogP contribution in [-0.2, 0) is 27.9 Å². The second-order valence-corrected chi connectivity index (χ2v) is 9.00. The molecular weight excluding hydrogens is 421 g/mol. The normalized spacial score (nSPS) is 11.9. The predicted octanol–water partition coefficient (Wildman–Crippen LogP) is 3.46. The van der Waals surface area contributed by atoms with Gasteiger partial charge in [0.25, 0.3) is 0 Å². The van der Waals surface area contributed by atoms with E-state index in [1.165, 1.54) is 38.4 Å². The fraction of sp³-hybridized carbons (Fsp3) is 0.263. The average Bonchev–Trinajstić information content (AvgIpc) is 3.04. The third-order valence-electron chi connectivity index (χ3n) is 4.37. The molecule has 0 atom stereocenters. The van der Waals surface area contributed by atoms with Crippen LogP contribution >= 0.6 is 11.6 Å². The number of aromatic nitrogens is 2. The number of aryl methyl sites for hydroxylation is 1. The first-order valence-corrected chi connectivity index (χ1v) is 10.5. The van der Waals surface area contributed by atoms with Crippen LogP contribution in [0.25, 0.3) is 11.0 Å². The first-order chi connectivity index (χ1) is 13.6. The van der Waals surface area contributed by atoms with Crippen LogP contribution in [0.1, 0.15) is 23.1 Å². The van der Waals surface area contributed by atoms with Gasteiger partial charge >= 0.3 is 5.97 Å². The average molecular weight is 440 g/mol. The summed E-state index contributed by atoms with van der Waals surface area (Å²) < 4.78 is 46.6. The molecule has 0 saturated heterocycles. The first-order valence-electron chi connectivity index (χ1n) is 8.69. The molecule has 10 heteroatoms. The lowest BCUT2D eigenvalue weighted by Gasteiger charge is -2.11. The molecule has 2 aromatic carbocycles. The molecule has 0 unspecified atom stereocenters. The third-order valence-corrected chi connectivity index (χ3v) is 6.42. The van der Waals surface area contributed by atoms with E-state index in [0.717, 1.165) is 10.4 Å². The van der Waals surface area contributed by atoms with E-state index in [0.29, 0.717) is 23.4 Å². The lowest BCUT2D eigenvalue weighted by Crippen LogP contribution is -2.22. The van der Waals surface area contributed by atoms with Gasteiger partial charge in [-0.15, -0.1) is 0 Å². The van der Waals surface area contributed by atoms with Crippen LogP contribution in [0.3, 0.4) is 0 Å². The van der Waals surface area contributed by atoms with Crippen LogP contribution in [0.5, 0.6) is 0 Å². The molecule has 0 N–H and O–H groups in total. The number of halogens is 2. The number of hydrogen-bond donors (Lipinski definition) is 0. The minimum absolute atomic E-state index is 0.111. The molecule has 29 heavy (non-hydrogen) atoms. The van der Waals surface area contributed by atoms with Crippen molar-refractivity contribution in [3.05, 3.63) is 58.6 Å². The standard InChI is InChI=1S/C19H19ClFN3O4S/c1-4-24-17-8-6-13(29(26,27)23(2)3)10-16(17)22-18(24)11-28-19(25)14-9-12(20)5-7-15(14)21/h5-10H,4,11H2,1-3H3. The number of hydrogen-bond acceptors (Lipinski definition) is 5. The van der Waals surface area contributed by atoms with Gasteiger partial charge in [0, 0.05) is 25.7 Å². The van der Waals surface area contributed by atoms with Crippen molar-refractivity contribution < 1.29 is 22.3 Å². The number of ether oxygens (including phenoxy) is 1. The summed E-state index contributed by atoms with van der Waals surface area (Å²) in [7, 11) is -0.708. The predicted molar refractivity (Wildman–Crippen MR) is 107 cm³/mol. The van der Waals surface area contributed by atoms with Gasteiger partial charge in [-0.3, -0.25) is 0 Å². The van der Waals surface area contributed by atoms with E-state index in [-0.39, 0.29) is 22.1 Å². The minimum atomic E-state index is -3.60. The Labute approximate surface area is 172 Å². The number of carbonyl (C=O) groups excluding carboxylic acids is 1. The second-order valence-electron chi connectivity index (χ2n) is 6.41. The summed E-state index contributed by atoms with van der Waals surface area (Å²) in [5.74, 6) is -1.19.